The van der Waals surface area contributed by atoms with Crippen LogP contribution >= 0.6 is 0 Å². The minimum atomic E-state index is -2.86. The monoisotopic (exact) mass is 374 g/mol. The van der Waals surface area contributed by atoms with E-state index in [-0.39, 0.29) is 11.3 Å². The first-order chi connectivity index (χ1) is 10.4. The summed E-state index contributed by atoms with van der Waals surface area (Å²) in [5.41, 5.74) is 1.12. The summed E-state index contributed by atoms with van der Waals surface area (Å²) in [6, 6.07) is 2.77. The molecule has 0 atom stereocenters. The van der Waals surface area contributed by atoms with Crippen LogP contribution in [0.3, 0.4) is 0 Å². The summed E-state index contributed by atoms with van der Waals surface area (Å²) in [6.45, 7) is 0. The number of rotatable bonds is 4. The maximum atomic E-state index is 13.3. The summed E-state index contributed by atoms with van der Waals surface area (Å²) in [4.78, 5) is 12.0. The second-order valence-electron chi connectivity index (χ2n) is 4.13. The van der Waals surface area contributed by atoms with E-state index in [4.69, 9.17) is 0 Å². The quantitative estimate of drug-likeness (QED) is 0.660. The summed E-state index contributed by atoms with van der Waals surface area (Å²) in [7, 11) is 0. The molecule has 1 radical (unpaired) electrons. The van der Waals surface area contributed by atoms with Gasteiger partial charge in [-0.1, -0.05) is 0 Å². The van der Waals surface area contributed by atoms with E-state index in [0.717, 1.165) is 24.4 Å². The molecule has 0 aliphatic heterocycles. The second kappa shape index (κ2) is 6.87. The first-order valence-corrected chi connectivity index (χ1v) is 8.75. The first kappa shape index (κ1) is 16.4. The molecular weight excluding hydrogens is 365 g/mol. The van der Waals surface area contributed by atoms with E-state index in [0.29, 0.717) is 4.35 Å². The molecule has 0 saturated heterocycles. The van der Waals surface area contributed by atoms with Crippen molar-refractivity contribution in [2.45, 2.75) is 12.1 Å². The number of aromatic nitrogens is 2. The molecule has 0 spiro atoms. The van der Waals surface area contributed by atoms with E-state index >= 15 is 0 Å². The summed E-state index contributed by atoms with van der Waals surface area (Å²) in [5, 5.41) is 8.90. The third-order valence-corrected chi connectivity index (χ3v) is 4.47. The number of nitrogens with zero attached hydrogens (tertiary/aromatic N) is 2. The molecule has 1 aromatic carbocycles. The molecule has 115 valence electrons. The van der Waals surface area contributed by atoms with Gasteiger partial charge in [-0.15, -0.1) is 0 Å². The predicted octanol–water partition coefficient (Wildman–Crippen LogP) is 2.32. The van der Waals surface area contributed by atoms with E-state index in [2.05, 4.69) is 15.5 Å². The number of hydrogen-bond acceptors (Lipinski definition) is 3. The van der Waals surface area contributed by atoms with Gasteiger partial charge in [0.05, 0.1) is 0 Å². The van der Waals surface area contributed by atoms with Crippen LogP contribution in [0.1, 0.15) is 22.5 Å². The number of nitrogens with one attached hydrogen (secondary N) is 1. The maximum absolute atomic E-state index is 13.3. The minimum absolute atomic E-state index is 0.113. The summed E-state index contributed by atoms with van der Waals surface area (Å²) < 4.78 is 52.0. The topological polar surface area (TPSA) is 54.9 Å². The molecule has 9 heteroatoms. The molecule has 1 N–H and O–H groups in total. The summed E-state index contributed by atoms with van der Waals surface area (Å²) in [6.07, 6.45) is -1.85. The average molecular weight is 374 g/mol. The first-order valence-electron chi connectivity index (χ1n) is 5.93. The van der Waals surface area contributed by atoms with Gasteiger partial charge in [0.2, 0.25) is 0 Å². The van der Waals surface area contributed by atoms with Gasteiger partial charge in [-0.3, -0.25) is 0 Å². The number of hydrogen-bond donors (Lipinski definition) is 1. The zero-order valence-corrected chi connectivity index (χ0v) is 13.0. The molecule has 0 unspecified atom stereocenters. The third kappa shape index (κ3) is 3.62. The van der Waals surface area contributed by atoms with Crippen LogP contribution in [0.4, 0.5) is 23.2 Å². The van der Waals surface area contributed by atoms with Crippen molar-refractivity contribution in [2.24, 2.45) is 0 Å². The molecule has 0 saturated carbocycles. The van der Waals surface area contributed by atoms with Crippen LogP contribution in [-0.2, 0) is 0 Å². The summed E-state index contributed by atoms with van der Waals surface area (Å²) >= 11 is -0.485. The molecule has 2 rings (SSSR count). The van der Waals surface area contributed by atoms with Gasteiger partial charge in [-0.2, -0.15) is 0 Å². The van der Waals surface area contributed by atoms with Gasteiger partial charge in [0, 0.05) is 0 Å². The molecule has 1 heterocycles. The van der Waals surface area contributed by atoms with Crippen molar-refractivity contribution in [3.63, 3.8) is 0 Å². The van der Waals surface area contributed by atoms with E-state index < -0.39 is 45.4 Å². The van der Waals surface area contributed by atoms with Crippen LogP contribution in [0.5, 0.6) is 0 Å². The fourth-order valence-electron chi connectivity index (χ4n) is 1.63. The second-order valence-corrected chi connectivity index (χ2v) is 6.08. The normalized spacial score (nSPS) is 11.4. The van der Waals surface area contributed by atoms with Gasteiger partial charge < -0.3 is 0 Å². The van der Waals surface area contributed by atoms with Crippen LogP contribution in [-0.4, -0.2) is 31.9 Å². The van der Waals surface area contributed by atoms with Crippen molar-refractivity contribution in [3.8, 4) is 0 Å². The number of alkyl halides is 2. The van der Waals surface area contributed by atoms with Gasteiger partial charge in [0.25, 0.3) is 0 Å². The molecular formula is C13H9AsF4N3O. The van der Waals surface area contributed by atoms with Crippen molar-refractivity contribution in [2.75, 3.05) is 5.32 Å². The molecule has 0 aliphatic rings. The Morgan fingerprint density at radius 3 is 2.55 bits per heavy atom. The van der Waals surface area contributed by atoms with Crippen LogP contribution in [0.25, 0.3) is 0 Å². The van der Waals surface area contributed by atoms with Crippen LogP contribution in [0.2, 0.25) is 5.71 Å². The zero-order valence-electron chi connectivity index (χ0n) is 11.1. The zero-order chi connectivity index (χ0) is 16.3. The van der Waals surface area contributed by atoms with Gasteiger partial charge in [0.1, 0.15) is 0 Å². The van der Waals surface area contributed by atoms with Crippen molar-refractivity contribution < 1.29 is 22.4 Å². The standard InChI is InChI=1S/C13H9AsF4N3O/c1-14-7-3-8(15)9(16)4-10(7)20-13(22)6-2-11(12(17)18)21-19-5-6/h2-5,12H,1H3,(H,20,22). The number of halogens is 4. The van der Waals surface area contributed by atoms with Crippen molar-refractivity contribution in [1.29, 1.82) is 0 Å². The van der Waals surface area contributed by atoms with Crippen LogP contribution in [0, 0.1) is 11.6 Å². The molecule has 1 amide bonds. The number of benzene rings is 1. The van der Waals surface area contributed by atoms with E-state index in [1.54, 1.807) is 5.71 Å². The average Bonchev–Trinajstić information content (AvgIpc) is 2.50. The summed E-state index contributed by atoms with van der Waals surface area (Å²) in [5.74, 6) is -2.86. The van der Waals surface area contributed by atoms with Crippen molar-refractivity contribution in [1.82, 2.24) is 10.2 Å². The van der Waals surface area contributed by atoms with Crippen molar-refractivity contribution in [3.05, 3.63) is 47.3 Å². The Kier molecular flexibility index (Phi) is 5.13. The fourth-order valence-corrected chi connectivity index (χ4v) is 2.90. The Balaban J connectivity index is 2.29. The fraction of sp³-hybridized carbons (Fsp3) is 0.154. The number of anilines is 1. The van der Waals surface area contributed by atoms with Gasteiger partial charge in [0.15, 0.2) is 0 Å². The Morgan fingerprint density at radius 2 is 1.91 bits per heavy atom. The van der Waals surface area contributed by atoms with E-state index in [1.165, 1.54) is 0 Å². The predicted molar refractivity (Wildman–Crippen MR) is 72.6 cm³/mol. The number of carbonyl (C=O) groups is 1. The molecule has 0 aliphatic carbocycles. The van der Waals surface area contributed by atoms with E-state index in [1.807, 2.05) is 0 Å². The van der Waals surface area contributed by atoms with E-state index in [9.17, 15) is 22.4 Å². The molecule has 0 bridgehead atoms. The van der Waals surface area contributed by atoms with Crippen LogP contribution < -0.4 is 9.67 Å². The molecule has 4 nitrogen and oxygen atoms in total. The molecule has 2 aromatic rings. The SMILES string of the molecule is C[As]c1cc(F)c(F)cc1NC(=O)c1cnnc(C(F)F)c1. The number of amides is 1. The Bertz CT molecular complexity index is 712. The van der Waals surface area contributed by atoms with Crippen LogP contribution in [0.15, 0.2) is 24.4 Å². The van der Waals surface area contributed by atoms with Gasteiger partial charge in [-0.05, 0) is 0 Å². The Labute approximate surface area is 129 Å². The van der Waals surface area contributed by atoms with Crippen molar-refractivity contribution >= 4 is 31.7 Å². The Morgan fingerprint density at radius 1 is 1.23 bits per heavy atom. The third-order valence-electron chi connectivity index (χ3n) is 2.69. The van der Waals surface area contributed by atoms with Gasteiger partial charge in [-0.25, -0.2) is 0 Å². The molecule has 22 heavy (non-hydrogen) atoms. The Hall–Kier alpha value is -1.95. The number of carbonyl (C=O) groups excluding carboxylic acids is 1. The van der Waals surface area contributed by atoms with Gasteiger partial charge >= 0.3 is 129 Å². The molecule has 0 fully saturated rings. The molecule has 1 aromatic heterocycles.